The van der Waals surface area contributed by atoms with Gasteiger partial charge >= 0.3 is 5.97 Å². The van der Waals surface area contributed by atoms with Gasteiger partial charge in [-0.15, -0.1) is 12.4 Å². The third kappa shape index (κ3) is 9.37. The van der Waals surface area contributed by atoms with Crippen molar-refractivity contribution in [3.05, 3.63) is 63.1 Å². The van der Waals surface area contributed by atoms with Gasteiger partial charge in [0, 0.05) is 6.54 Å². The molecule has 7 nitrogen and oxygen atoms in total. The Hall–Kier alpha value is -2.76. The molecule has 2 rings (SSSR count). The third-order valence-corrected chi connectivity index (χ3v) is 7.79. The fourth-order valence-electron chi connectivity index (χ4n) is 4.66. The van der Waals surface area contributed by atoms with Crippen LogP contribution in [0.3, 0.4) is 0 Å². The molecule has 2 unspecified atom stereocenters. The Balaban J connectivity index is 0.00000840. The van der Waals surface area contributed by atoms with Crippen molar-refractivity contribution in [2.24, 2.45) is 5.92 Å². The smallest absolute Gasteiger partial charge is 0.342 e. The number of hydrogen-bond donors (Lipinski definition) is 0. The van der Waals surface area contributed by atoms with Gasteiger partial charge in [0.05, 0.1) is 35.7 Å². The molecule has 2 aromatic carbocycles. The Labute approximate surface area is 259 Å². The Bertz CT molecular complexity index is 1270. The van der Waals surface area contributed by atoms with E-state index in [9.17, 15) is 14.9 Å². The molecule has 0 radical (unpaired) electrons. The number of halogens is 3. The maximum atomic E-state index is 12.8. The molecule has 0 amide bonds. The molecule has 0 bridgehead atoms. The lowest BCUT2D eigenvalue weighted by Crippen LogP contribution is -2.35. The largest absolute Gasteiger partial charge is 0.493 e. The Morgan fingerprint density at radius 1 is 1.10 bits per heavy atom. The highest BCUT2D eigenvalue weighted by atomic mass is 35.5. The lowest BCUT2D eigenvalue weighted by atomic mass is 9.69. The standard InChI is InChI=1S/C31H38Cl2N2O5.ClH/c1-20(2)31(19-34,24-12-13-27(38-6)28(17-24)39-7)14-9-15-35(5)18-21(3)40-30(37)25(22(4)36)16-23-10-8-11-26(32)29(23)33;/h8,10-13,16-17,20-21H,9,14-15,18H2,1-7H3;1H. The molecule has 0 aliphatic heterocycles. The summed E-state index contributed by atoms with van der Waals surface area (Å²) in [6.45, 7) is 8.29. The summed E-state index contributed by atoms with van der Waals surface area (Å²) in [6, 6.07) is 13.2. The first kappa shape index (κ1) is 36.3. The number of ether oxygens (including phenoxy) is 3. The maximum Gasteiger partial charge on any atom is 0.342 e. The van der Waals surface area contributed by atoms with E-state index in [-0.39, 0.29) is 28.9 Å². The first-order valence-electron chi connectivity index (χ1n) is 13.1. The van der Waals surface area contributed by atoms with Crippen LogP contribution in [-0.4, -0.2) is 57.1 Å². The Kier molecular flexibility index (Phi) is 14.7. The van der Waals surface area contributed by atoms with E-state index >= 15 is 0 Å². The van der Waals surface area contributed by atoms with E-state index in [1.807, 2.05) is 44.0 Å². The van der Waals surface area contributed by atoms with Gasteiger partial charge in [-0.1, -0.05) is 55.2 Å². The lowest BCUT2D eigenvalue weighted by molar-refractivity contribution is -0.145. The summed E-state index contributed by atoms with van der Waals surface area (Å²) in [5.41, 5.74) is 0.531. The minimum absolute atomic E-state index is 0. The van der Waals surface area contributed by atoms with Crippen LogP contribution in [-0.2, 0) is 19.7 Å². The number of nitriles is 1. The van der Waals surface area contributed by atoms with E-state index in [4.69, 9.17) is 37.4 Å². The van der Waals surface area contributed by atoms with Crippen LogP contribution in [0.4, 0.5) is 0 Å². The van der Waals surface area contributed by atoms with Crippen molar-refractivity contribution in [1.29, 1.82) is 5.26 Å². The number of likely N-dealkylation sites (N-methyl/N-ethyl adjacent to an activating group) is 1. The number of benzene rings is 2. The molecule has 0 saturated carbocycles. The lowest BCUT2D eigenvalue weighted by Gasteiger charge is -2.32. The molecule has 2 atom stereocenters. The van der Waals surface area contributed by atoms with Crippen molar-refractivity contribution in [3.63, 3.8) is 0 Å². The summed E-state index contributed by atoms with van der Waals surface area (Å²) in [6.07, 6.45) is 2.29. The summed E-state index contributed by atoms with van der Waals surface area (Å²) in [7, 11) is 5.09. The SMILES string of the molecule is COc1ccc(C(C#N)(CCCN(C)CC(C)OC(=O)C(=Cc2cccc(Cl)c2Cl)C(C)=O)C(C)C)cc1OC.Cl. The predicted octanol–water partition coefficient (Wildman–Crippen LogP) is 7.17. The second-order valence-electron chi connectivity index (χ2n) is 10.1. The molecule has 0 saturated heterocycles. The van der Waals surface area contributed by atoms with Crippen LogP contribution < -0.4 is 9.47 Å². The van der Waals surface area contributed by atoms with Gasteiger partial charge in [0.1, 0.15) is 11.7 Å². The van der Waals surface area contributed by atoms with E-state index in [1.54, 1.807) is 39.3 Å². The van der Waals surface area contributed by atoms with E-state index in [0.29, 0.717) is 41.6 Å². The van der Waals surface area contributed by atoms with Crippen LogP contribution in [0, 0.1) is 17.2 Å². The van der Waals surface area contributed by atoms with Gasteiger partial charge in [-0.05, 0) is 81.6 Å². The second kappa shape index (κ2) is 16.6. The average Bonchev–Trinajstić information content (AvgIpc) is 2.91. The number of Topliss-reactive ketones (excluding diaryl/α,β-unsaturated/α-hetero) is 1. The topological polar surface area (TPSA) is 88.9 Å². The van der Waals surface area contributed by atoms with Gasteiger partial charge in [-0.2, -0.15) is 5.26 Å². The molecule has 2 aromatic rings. The van der Waals surface area contributed by atoms with Gasteiger partial charge in [0.15, 0.2) is 17.3 Å². The fraction of sp³-hybridized carbons (Fsp3) is 0.452. The zero-order chi connectivity index (χ0) is 30.0. The highest BCUT2D eigenvalue weighted by Crippen LogP contribution is 2.40. The molecule has 0 aromatic heterocycles. The van der Waals surface area contributed by atoms with Gasteiger partial charge in [0.25, 0.3) is 0 Å². The van der Waals surface area contributed by atoms with E-state index < -0.39 is 23.3 Å². The van der Waals surface area contributed by atoms with Crippen molar-refractivity contribution in [1.82, 2.24) is 4.90 Å². The zero-order valence-corrected chi connectivity index (χ0v) is 27.0. The summed E-state index contributed by atoms with van der Waals surface area (Å²) in [5.74, 6) is 0.110. The number of methoxy groups -OCH3 is 2. The Morgan fingerprint density at radius 2 is 1.76 bits per heavy atom. The third-order valence-electron chi connectivity index (χ3n) is 6.95. The Morgan fingerprint density at radius 3 is 2.32 bits per heavy atom. The van der Waals surface area contributed by atoms with E-state index in [1.165, 1.54) is 13.0 Å². The summed E-state index contributed by atoms with van der Waals surface area (Å²) < 4.78 is 16.4. The highest BCUT2D eigenvalue weighted by molar-refractivity contribution is 6.43. The molecule has 0 heterocycles. The number of carbonyl (C=O) groups is 2. The van der Waals surface area contributed by atoms with Gasteiger partial charge < -0.3 is 19.1 Å². The number of nitrogens with zero attached hydrogens (tertiary/aromatic N) is 2. The van der Waals surface area contributed by atoms with Gasteiger partial charge in [0.2, 0.25) is 0 Å². The maximum absolute atomic E-state index is 12.8. The predicted molar refractivity (Wildman–Crippen MR) is 166 cm³/mol. The molecule has 0 spiro atoms. The quantitative estimate of drug-likeness (QED) is 0.0952. The van der Waals surface area contributed by atoms with Crippen molar-refractivity contribution >= 4 is 53.4 Å². The number of carbonyl (C=O) groups excluding carboxylic acids is 2. The molecule has 224 valence electrons. The van der Waals surface area contributed by atoms with Crippen LogP contribution >= 0.6 is 35.6 Å². The summed E-state index contributed by atoms with van der Waals surface area (Å²) in [4.78, 5) is 27.1. The van der Waals surface area contributed by atoms with Crippen LogP contribution in [0.1, 0.15) is 51.7 Å². The molecule has 10 heteroatoms. The number of hydrogen-bond acceptors (Lipinski definition) is 7. The molecular weight excluding hydrogens is 587 g/mol. The van der Waals surface area contributed by atoms with Crippen molar-refractivity contribution in [3.8, 4) is 17.6 Å². The normalized spacial score (nSPS) is 13.6. The number of esters is 1. The van der Waals surface area contributed by atoms with Crippen molar-refractivity contribution in [2.75, 3.05) is 34.4 Å². The number of ketones is 1. The minimum atomic E-state index is -0.721. The fourth-order valence-corrected chi connectivity index (χ4v) is 5.03. The molecule has 0 fully saturated rings. The molecule has 41 heavy (non-hydrogen) atoms. The second-order valence-corrected chi connectivity index (χ2v) is 10.9. The molecular formula is C31H39Cl3N2O5. The van der Waals surface area contributed by atoms with Gasteiger partial charge in [-0.25, -0.2) is 4.79 Å². The van der Waals surface area contributed by atoms with Crippen LogP contribution in [0.5, 0.6) is 11.5 Å². The number of rotatable bonds is 14. The van der Waals surface area contributed by atoms with E-state index in [2.05, 4.69) is 6.07 Å². The van der Waals surface area contributed by atoms with Crippen LogP contribution in [0.25, 0.3) is 6.08 Å². The van der Waals surface area contributed by atoms with Crippen molar-refractivity contribution < 1.29 is 23.8 Å². The first-order chi connectivity index (χ1) is 18.9. The van der Waals surface area contributed by atoms with Crippen LogP contribution in [0.2, 0.25) is 10.0 Å². The zero-order valence-electron chi connectivity index (χ0n) is 24.6. The summed E-state index contributed by atoms with van der Waals surface area (Å²) in [5, 5.41) is 10.9. The van der Waals surface area contributed by atoms with Crippen LogP contribution in [0.15, 0.2) is 42.0 Å². The average molecular weight is 626 g/mol. The minimum Gasteiger partial charge on any atom is -0.493 e. The molecule has 0 aliphatic carbocycles. The summed E-state index contributed by atoms with van der Waals surface area (Å²) >= 11 is 12.3. The van der Waals surface area contributed by atoms with Gasteiger partial charge in [-0.3, -0.25) is 4.79 Å². The van der Waals surface area contributed by atoms with E-state index in [0.717, 1.165) is 12.0 Å². The monoisotopic (exact) mass is 624 g/mol. The molecule has 0 N–H and O–H groups in total. The molecule has 0 aliphatic rings. The highest BCUT2D eigenvalue weighted by Gasteiger charge is 2.36. The van der Waals surface area contributed by atoms with Crippen molar-refractivity contribution in [2.45, 2.75) is 52.1 Å². The first-order valence-corrected chi connectivity index (χ1v) is 13.9.